The van der Waals surface area contributed by atoms with E-state index in [9.17, 15) is 10.2 Å². The Morgan fingerprint density at radius 1 is 0.900 bits per heavy atom. The molecule has 2 saturated heterocycles. The van der Waals surface area contributed by atoms with Crippen LogP contribution in [0.15, 0.2) is 24.3 Å². The molecule has 3 aromatic heterocycles. The summed E-state index contributed by atoms with van der Waals surface area (Å²) in [6.07, 6.45) is 0.401. The lowest BCUT2D eigenvalue weighted by atomic mass is 10.0. The number of ether oxygens (including phenoxy) is 1. The lowest BCUT2D eigenvalue weighted by Gasteiger charge is -2.43. The van der Waals surface area contributed by atoms with Crippen molar-refractivity contribution >= 4 is 28.0 Å². The second kappa shape index (κ2) is 11.0. The molecule has 0 amide bonds. The second-order valence-corrected chi connectivity index (χ2v) is 11.3. The minimum atomic E-state index is -0.213. The highest BCUT2D eigenvalue weighted by atomic mass is 16.5. The predicted molar refractivity (Wildman–Crippen MR) is 153 cm³/mol. The van der Waals surface area contributed by atoms with E-state index in [1.54, 1.807) is 0 Å². The van der Waals surface area contributed by atoms with Gasteiger partial charge >= 0.3 is 0 Å². The van der Waals surface area contributed by atoms with Crippen molar-refractivity contribution < 1.29 is 14.9 Å². The molecule has 0 radical (unpaired) electrons. The molecule has 0 atom stereocenters. The van der Waals surface area contributed by atoms with Crippen LogP contribution in [0.1, 0.15) is 25.5 Å². The van der Waals surface area contributed by atoms with Crippen LogP contribution in [0.4, 0.5) is 5.82 Å². The number of hydrogen-bond acceptors (Lipinski definition) is 10. The third kappa shape index (κ3) is 4.94. The molecule has 1 aromatic carbocycles. The monoisotopic (exact) mass is 549 g/mol. The average Bonchev–Trinajstić information content (AvgIpc) is 3.50. The van der Waals surface area contributed by atoms with Gasteiger partial charge in [-0.1, -0.05) is 12.1 Å². The lowest BCUT2D eigenvalue weighted by Crippen LogP contribution is -2.55. The summed E-state index contributed by atoms with van der Waals surface area (Å²) in [5.74, 6) is 2.99. The van der Waals surface area contributed by atoms with Crippen molar-refractivity contribution in [3.63, 3.8) is 0 Å². The number of imidazole rings is 2. The maximum absolute atomic E-state index is 9.78. The van der Waals surface area contributed by atoms with E-state index in [4.69, 9.17) is 24.7 Å². The first-order valence-corrected chi connectivity index (χ1v) is 14.1. The SMILES string of the molecule is Cn1c(CN2CCN(C(C)(C)CO)CC2)nc2c(N3CCOCC3)nc(-n3c(CCO)nc4ccccc43)nc21. The van der Waals surface area contributed by atoms with Gasteiger partial charge in [-0.2, -0.15) is 9.97 Å². The first-order valence-electron chi connectivity index (χ1n) is 14.1. The zero-order valence-electron chi connectivity index (χ0n) is 23.6. The van der Waals surface area contributed by atoms with Gasteiger partial charge in [-0.25, -0.2) is 9.97 Å². The Morgan fingerprint density at radius 3 is 2.38 bits per heavy atom. The third-order valence-corrected chi connectivity index (χ3v) is 8.24. The van der Waals surface area contributed by atoms with E-state index in [0.29, 0.717) is 32.1 Å². The van der Waals surface area contributed by atoms with Crippen LogP contribution in [0.3, 0.4) is 0 Å². The van der Waals surface area contributed by atoms with Gasteiger partial charge in [0, 0.05) is 58.3 Å². The van der Waals surface area contributed by atoms with Crippen molar-refractivity contribution in [2.45, 2.75) is 32.4 Å². The number of morpholine rings is 1. The normalized spacial score (nSPS) is 17.9. The number of aliphatic hydroxyl groups is 2. The summed E-state index contributed by atoms with van der Waals surface area (Å²) < 4.78 is 9.68. The van der Waals surface area contributed by atoms with E-state index in [1.165, 1.54) is 0 Å². The summed E-state index contributed by atoms with van der Waals surface area (Å²) in [5, 5.41) is 19.6. The van der Waals surface area contributed by atoms with Gasteiger partial charge in [-0.05, 0) is 26.0 Å². The van der Waals surface area contributed by atoms with Crippen molar-refractivity contribution in [3.05, 3.63) is 35.9 Å². The molecule has 6 rings (SSSR count). The molecule has 2 fully saturated rings. The van der Waals surface area contributed by atoms with Crippen LogP contribution in [0.5, 0.6) is 0 Å². The Labute approximate surface area is 233 Å². The number of rotatable bonds is 8. The number of hydrogen-bond donors (Lipinski definition) is 2. The Morgan fingerprint density at radius 2 is 1.65 bits per heavy atom. The minimum absolute atomic E-state index is 0.0134. The number of aromatic nitrogens is 6. The molecule has 12 nitrogen and oxygen atoms in total. The Hall–Kier alpha value is -3.16. The van der Waals surface area contributed by atoms with Gasteiger partial charge in [-0.3, -0.25) is 14.4 Å². The molecule has 0 bridgehead atoms. The van der Waals surface area contributed by atoms with Gasteiger partial charge in [-0.15, -0.1) is 0 Å². The number of aliphatic hydroxyl groups excluding tert-OH is 2. The average molecular weight is 550 g/mol. The van der Waals surface area contributed by atoms with Crippen LogP contribution in [-0.2, 0) is 24.8 Å². The fourth-order valence-corrected chi connectivity index (χ4v) is 5.70. The number of benzene rings is 1. The Balaban J connectivity index is 1.40. The summed E-state index contributed by atoms with van der Waals surface area (Å²) >= 11 is 0. The van der Waals surface area contributed by atoms with Crippen LogP contribution in [0.2, 0.25) is 0 Å². The molecule has 2 aliphatic rings. The number of nitrogens with zero attached hydrogens (tertiary/aromatic N) is 9. The van der Waals surface area contributed by atoms with E-state index in [2.05, 4.69) is 33.1 Å². The number of para-hydroxylation sites is 2. The number of aryl methyl sites for hydroxylation is 1. The molecule has 2 aliphatic heterocycles. The van der Waals surface area contributed by atoms with Gasteiger partial charge in [0.1, 0.15) is 11.6 Å². The third-order valence-electron chi connectivity index (χ3n) is 8.24. The number of fused-ring (bicyclic) bond motifs is 2. The Bertz CT molecular complexity index is 1480. The van der Waals surface area contributed by atoms with E-state index >= 15 is 0 Å². The van der Waals surface area contributed by atoms with Crippen LogP contribution < -0.4 is 4.90 Å². The van der Waals surface area contributed by atoms with Gasteiger partial charge in [0.2, 0.25) is 5.95 Å². The number of piperazine rings is 1. The van der Waals surface area contributed by atoms with E-state index in [-0.39, 0.29) is 18.8 Å². The van der Waals surface area contributed by atoms with Crippen LogP contribution in [-0.4, -0.2) is 120 Å². The highest BCUT2D eigenvalue weighted by Gasteiger charge is 2.30. The summed E-state index contributed by atoms with van der Waals surface area (Å²) in [6, 6.07) is 7.92. The molecular weight excluding hydrogens is 510 g/mol. The molecule has 2 N–H and O–H groups in total. The first-order chi connectivity index (χ1) is 19.4. The molecule has 0 saturated carbocycles. The Kier molecular flexibility index (Phi) is 7.44. The molecule has 0 unspecified atom stereocenters. The van der Waals surface area contributed by atoms with E-state index in [0.717, 1.165) is 78.9 Å². The number of anilines is 1. The highest BCUT2D eigenvalue weighted by molar-refractivity contribution is 5.86. The van der Waals surface area contributed by atoms with Crippen molar-refractivity contribution in [2.24, 2.45) is 7.05 Å². The predicted octanol–water partition coefficient (Wildman–Crippen LogP) is 0.962. The summed E-state index contributed by atoms with van der Waals surface area (Å²) in [7, 11) is 2.02. The molecule has 12 heteroatoms. The molecule has 5 heterocycles. The van der Waals surface area contributed by atoms with Crippen LogP contribution in [0.25, 0.3) is 28.1 Å². The molecular formula is C28H39N9O3. The maximum atomic E-state index is 9.78. The van der Waals surface area contributed by atoms with E-state index in [1.807, 2.05) is 35.9 Å². The highest BCUT2D eigenvalue weighted by Crippen LogP contribution is 2.29. The standard InChI is InChI=1S/C28H39N9O3/c1-28(2,19-39)36-11-9-34(10-12-36)18-23-30-24-25(33(23)3)31-27(32-26(24)35-13-16-40-17-14-35)37-21-7-5-4-6-20(21)29-22(37)8-15-38/h4-7,38-39H,8-19H2,1-3H3. The second-order valence-electron chi connectivity index (χ2n) is 11.3. The zero-order chi connectivity index (χ0) is 27.9. The molecule has 0 spiro atoms. The molecule has 4 aromatic rings. The largest absolute Gasteiger partial charge is 0.396 e. The van der Waals surface area contributed by atoms with E-state index < -0.39 is 0 Å². The summed E-state index contributed by atoms with van der Waals surface area (Å²) in [6.45, 7) is 11.4. The van der Waals surface area contributed by atoms with Gasteiger partial charge < -0.3 is 24.4 Å². The molecule has 214 valence electrons. The van der Waals surface area contributed by atoms with Crippen LogP contribution in [0, 0.1) is 0 Å². The molecule has 0 aliphatic carbocycles. The van der Waals surface area contributed by atoms with Gasteiger partial charge in [0.15, 0.2) is 17.0 Å². The fraction of sp³-hybridized carbons (Fsp3) is 0.571. The van der Waals surface area contributed by atoms with Crippen molar-refractivity contribution in [2.75, 3.05) is 70.6 Å². The van der Waals surface area contributed by atoms with Crippen molar-refractivity contribution in [1.29, 1.82) is 0 Å². The maximum Gasteiger partial charge on any atom is 0.239 e. The molecule has 40 heavy (non-hydrogen) atoms. The quantitative estimate of drug-likeness (QED) is 0.329. The van der Waals surface area contributed by atoms with Crippen molar-refractivity contribution in [1.82, 2.24) is 38.9 Å². The van der Waals surface area contributed by atoms with Gasteiger partial charge in [0.25, 0.3) is 0 Å². The lowest BCUT2D eigenvalue weighted by molar-refractivity contribution is 0.0141. The summed E-state index contributed by atoms with van der Waals surface area (Å²) in [5.41, 5.74) is 3.10. The zero-order valence-corrected chi connectivity index (χ0v) is 23.6. The summed E-state index contributed by atoms with van der Waals surface area (Å²) in [4.78, 5) is 27.0. The fourth-order valence-electron chi connectivity index (χ4n) is 5.70. The smallest absolute Gasteiger partial charge is 0.239 e. The topological polar surface area (TPSA) is 121 Å². The van der Waals surface area contributed by atoms with Crippen LogP contribution >= 0.6 is 0 Å². The minimum Gasteiger partial charge on any atom is -0.396 e. The first kappa shape index (κ1) is 27.0. The van der Waals surface area contributed by atoms with Crippen molar-refractivity contribution in [3.8, 4) is 5.95 Å². The van der Waals surface area contributed by atoms with Gasteiger partial charge in [0.05, 0.1) is 44.0 Å².